The summed E-state index contributed by atoms with van der Waals surface area (Å²) in [5.74, 6) is 1.50. The summed E-state index contributed by atoms with van der Waals surface area (Å²) in [6.45, 7) is 4.93. The van der Waals surface area contributed by atoms with Crippen molar-refractivity contribution < 1.29 is 5.11 Å². The van der Waals surface area contributed by atoms with Crippen LogP contribution in [0, 0.1) is 0 Å². The van der Waals surface area contributed by atoms with Crippen LogP contribution in [0.5, 0.6) is 0 Å². The van der Waals surface area contributed by atoms with Crippen molar-refractivity contribution in [3.05, 3.63) is 36.3 Å². The molecule has 1 fully saturated rings. The molecule has 2 aliphatic heterocycles. The molecule has 31 heavy (non-hydrogen) atoms. The normalized spacial score (nSPS) is 26.1. The molecular formula is C23H29N7O. The molecule has 1 saturated carbocycles. The number of allylic oxidation sites excluding steroid dienone is 2. The molecular weight excluding hydrogens is 390 g/mol. The molecule has 0 aromatic carbocycles. The number of fused-ring (bicyclic) bond motifs is 2. The van der Waals surface area contributed by atoms with Crippen molar-refractivity contribution in [2.45, 2.75) is 64.0 Å². The molecule has 8 heteroatoms. The van der Waals surface area contributed by atoms with Crippen molar-refractivity contribution in [3.63, 3.8) is 0 Å². The van der Waals surface area contributed by atoms with Crippen LogP contribution in [0.1, 0.15) is 57.9 Å². The number of aliphatic hydroxyl groups is 1. The lowest BCUT2D eigenvalue weighted by Crippen LogP contribution is -2.38. The van der Waals surface area contributed by atoms with Crippen LogP contribution in [0.2, 0.25) is 0 Å². The van der Waals surface area contributed by atoms with Gasteiger partial charge in [0.05, 0.1) is 5.60 Å². The number of anilines is 1. The van der Waals surface area contributed by atoms with Gasteiger partial charge < -0.3 is 20.3 Å². The SMILES string of the molecule is CCC1(O)CCC(Nc2ncc3c(C4=CN5CCC(C)=NN=C5C=C4)c[nH]c3n2)CC1. The molecule has 0 amide bonds. The third-order valence-electron chi connectivity index (χ3n) is 6.69. The van der Waals surface area contributed by atoms with E-state index in [2.05, 4.69) is 49.6 Å². The monoisotopic (exact) mass is 419 g/mol. The number of aromatic amines is 1. The first-order valence-corrected chi connectivity index (χ1v) is 11.1. The quantitative estimate of drug-likeness (QED) is 0.699. The minimum atomic E-state index is -0.499. The Bertz CT molecular complexity index is 1100. The highest BCUT2D eigenvalue weighted by molar-refractivity contribution is 6.03. The van der Waals surface area contributed by atoms with Crippen molar-refractivity contribution in [3.8, 4) is 0 Å². The van der Waals surface area contributed by atoms with E-state index >= 15 is 0 Å². The number of H-pyrrole nitrogens is 1. The van der Waals surface area contributed by atoms with Crippen LogP contribution in [0.25, 0.3) is 16.6 Å². The Hall–Kier alpha value is -3.00. The maximum absolute atomic E-state index is 10.4. The molecule has 0 spiro atoms. The second-order valence-electron chi connectivity index (χ2n) is 8.81. The lowest BCUT2D eigenvalue weighted by atomic mass is 9.80. The molecule has 1 aliphatic carbocycles. The highest BCUT2D eigenvalue weighted by Gasteiger charge is 2.31. The number of aromatic nitrogens is 3. The fraction of sp³-hybridized carbons (Fsp3) is 0.478. The molecule has 4 heterocycles. The number of nitrogens with zero attached hydrogens (tertiary/aromatic N) is 5. The summed E-state index contributed by atoms with van der Waals surface area (Å²) in [7, 11) is 0. The molecule has 0 saturated heterocycles. The van der Waals surface area contributed by atoms with Crippen LogP contribution in [0.15, 0.2) is 40.9 Å². The van der Waals surface area contributed by atoms with Gasteiger partial charge in [-0.05, 0) is 51.2 Å². The van der Waals surface area contributed by atoms with Gasteiger partial charge in [0.1, 0.15) is 5.65 Å². The predicted octanol–water partition coefficient (Wildman–Crippen LogP) is 3.84. The maximum atomic E-state index is 10.4. The zero-order chi connectivity index (χ0) is 21.4. The Morgan fingerprint density at radius 2 is 2.10 bits per heavy atom. The summed E-state index contributed by atoms with van der Waals surface area (Å²) < 4.78 is 0. The average Bonchev–Trinajstić information content (AvgIpc) is 3.12. The van der Waals surface area contributed by atoms with Gasteiger partial charge in [-0.25, -0.2) is 4.98 Å². The standard InChI is InChI=1S/C23H29N7O/c1-3-23(31)9-6-17(7-10-23)26-22-25-13-19-18(12-24-21(19)27-22)16-4-5-20-29-28-15(2)8-11-30(20)14-16/h4-5,12-14,17,31H,3,6-11H2,1-2H3,(H2,24,25,26,27). The van der Waals surface area contributed by atoms with Crippen LogP contribution in [-0.4, -0.2) is 54.7 Å². The Balaban J connectivity index is 1.33. The first-order valence-electron chi connectivity index (χ1n) is 11.1. The summed E-state index contributed by atoms with van der Waals surface area (Å²) in [5, 5.41) is 23.5. The van der Waals surface area contributed by atoms with Gasteiger partial charge in [0.2, 0.25) is 5.95 Å². The third kappa shape index (κ3) is 3.99. The van der Waals surface area contributed by atoms with E-state index in [-0.39, 0.29) is 0 Å². The van der Waals surface area contributed by atoms with Crippen molar-refractivity contribution in [1.82, 2.24) is 19.9 Å². The molecule has 2 aromatic rings. The van der Waals surface area contributed by atoms with E-state index in [1.807, 2.05) is 25.4 Å². The lowest BCUT2D eigenvalue weighted by Gasteiger charge is -2.35. The predicted molar refractivity (Wildman–Crippen MR) is 124 cm³/mol. The van der Waals surface area contributed by atoms with E-state index in [1.165, 1.54) is 0 Å². The van der Waals surface area contributed by atoms with Gasteiger partial charge in [0, 0.05) is 59.8 Å². The van der Waals surface area contributed by atoms with Gasteiger partial charge in [-0.2, -0.15) is 10.1 Å². The molecule has 5 rings (SSSR count). The minimum absolute atomic E-state index is 0.300. The fourth-order valence-corrected chi connectivity index (χ4v) is 4.49. The molecule has 162 valence electrons. The molecule has 0 atom stereocenters. The summed E-state index contributed by atoms with van der Waals surface area (Å²) >= 11 is 0. The largest absolute Gasteiger partial charge is 0.390 e. The van der Waals surface area contributed by atoms with Gasteiger partial charge in [-0.1, -0.05) is 6.92 Å². The van der Waals surface area contributed by atoms with Crippen LogP contribution in [-0.2, 0) is 0 Å². The maximum Gasteiger partial charge on any atom is 0.224 e. The zero-order valence-electron chi connectivity index (χ0n) is 18.1. The van der Waals surface area contributed by atoms with Crippen LogP contribution < -0.4 is 5.32 Å². The third-order valence-corrected chi connectivity index (χ3v) is 6.69. The van der Waals surface area contributed by atoms with E-state index in [9.17, 15) is 5.11 Å². The molecule has 3 N–H and O–H groups in total. The van der Waals surface area contributed by atoms with Crippen molar-refractivity contribution in [2.24, 2.45) is 10.2 Å². The van der Waals surface area contributed by atoms with Gasteiger partial charge in [-0.15, -0.1) is 5.10 Å². The van der Waals surface area contributed by atoms with E-state index < -0.39 is 5.60 Å². The van der Waals surface area contributed by atoms with E-state index in [0.717, 1.165) is 78.8 Å². The fourth-order valence-electron chi connectivity index (χ4n) is 4.49. The smallest absolute Gasteiger partial charge is 0.224 e. The summed E-state index contributed by atoms with van der Waals surface area (Å²) in [6.07, 6.45) is 15.3. The molecule has 0 unspecified atom stereocenters. The number of hydrogen-bond acceptors (Lipinski definition) is 7. The first kappa shape index (κ1) is 19.9. The first-order chi connectivity index (χ1) is 15.0. The van der Waals surface area contributed by atoms with E-state index in [0.29, 0.717) is 12.0 Å². The van der Waals surface area contributed by atoms with Gasteiger partial charge in [0.25, 0.3) is 0 Å². The zero-order valence-corrected chi connectivity index (χ0v) is 18.1. The van der Waals surface area contributed by atoms with E-state index in [4.69, 9.17) is 4.98 Å². The molecule has 0 bridgehead atoms. The highest BCUT2D eigenvalue weighted by Crippen LogP contribution is 2.32. The number of hydrogen-bond donors (Lipinski definition) is 3. The highest BCUT2D eigenvalue weighted by atomic mass is 16.3. The second kappa shape index (κ2) is 7.92. The van der Waals surface area contributed by atoms with Gasteiger partial charge in [0.15, 0.2) is 5.84 Å². The van der Waals surface area contributed by atoms with Gasteiger partial charge >= 0.3 is 0 Å². The lowest BCUT2D eigenvalue weighted by molar-refractivity contribution is -0.00197. The Morgan fingerprint density at radius 3 is 2.90 bits per heavy atom. The van der Waals surface area contributed by atoms with Crippen LogP contribution in [0.3, 0.4) is 0 Å². The molecule has 3 aliphatic rings. The summed E-state index contributed by atoms with van der Waals surface area (Å²) in [6, 6.07) is 0.300. The van der Waals surface area contributed by atoms with Crippen LogP contribution >= 0.6 is 0 Å². The molecule has 0 radical (unpaired) electrons. The molecule has 2 aromatic heterocycles. The minimum Gasteiger partial charge on any atom is -0.390 e. The number of rotatable bonds is 4. The van der Waals surface area contributed by atoms with E-state index in [1.54, 1.807) is 0 Å². The van der Waals surface area contributed by atoms with Crippen molar-refractivity contribution >= 4 is 34.1 Å². The summed E-state index contributed by atoms with van der Waals surface area (Å²) in [4.78, 5) is 14.7. The summed E-state index contributed by atoms with van der Waals surface area (Å²) in [5.41, 5.74) is 3.53. The Morgan fingerprint density at radius 1 is 1.26 bits per heavy atom. The average molecular weight is 420 g/mol. The van der Waals surface area contributed by atoms with Crippen molar-refractivity contribution in [2.75, 3.05) is 11.9 Å². The van der Waals surface area contributed by atoms with Crippen molar-refractivity contribution in [1.29, 1.82) is 0 Å². The number of nitrogens with one attached hydrogen (secondary N) is 2. The van der Waals surface area contributed by atoms with Crippen LogP contribution in [0.4, 0.5) is 5.95 Å². The molecule has 8 nitrogen and oxygen atoms in total. The Labute approximate surface area is 181 Å². The second-order valence-corrected chi connectivity index (χ2v) is 8.81. The van der Waals surface area contributed by atoms with Gasteiger partial charge in [-0.3, -0.25) is 0 Å². The number of amidine groups is 1. The topological polar surface area (TPSA) is 102 Å². The Kier molecular flexibility index (Phi) is 5.09.